The summed E-state index contributed by atoms with van der Waals surface area (Å²) in [4.78, 5) is 0. The van der Waals surface area contributed by atoms with Gasteiger partial charge in [-0.1, -0.05) is 18.6 Å². The molecule has 0 aromatic heterocycles. The summed E-state index contributed by atoms with van der Waals surface area (Å²) in [5.41, 5.74) is 1.93. The van der Waals surface area contributed by atoms with Crippen molar-refractivity contribution in [3.8, 4) is 0 Å². The van der Waals surface area contributed by atoms with Gasteiger partial charge in [0.25, 0.3) is 0 Å². The van der Waals surface area contributed by atoms with Gasteiger partial charge in [0, 0.05) is 0 Å². The van der Waals surface area contributed by atoms with Crippen molar-refractivity contribution in [2.45, 2.75) is 52.1 Å². The van der Waals surface area contributed by atoms with Crippen LogP contribution in [0, 0.1) is 11.3 Å². The van der Waals surface area contributed by atoms with E-state index in [1.807, 2.05) is 0 Å². The fraction of sp³-hybridized carbons (Fsp3) is 0.833. The van der Waals surface area contributed by atoms with Crippen molar-refractivity contribution in [1.29, 1.82) is 0 Å². The minimum atomic E-state index is -0.0313. The van der Waals surface area contributed by atoms with E-state index in [9.17, 15) is 5.11 Å². The zero-order chi connectivity index (χ0) is 9.47. The molecule has 2 aliphatic carbocycles. The minimum Gasteiger partial charge on any atom is -0.393 e. The third kappa shape index (κ3) is 1.25. The van der Waals surface area contributed by atoms with Gasteiger partial charge in [0.1, 0.15) is 0 Å². The van der Waals surface area contributed by atoms with Crippen molar-refractivity contribution in [1.82, 2.24) is 0 Å². The number of hydrogen-bond donors (Lipinski definition) is 1. The Morgan fingerprint density at radius 1 is 1.46 bits per heavy atom. The fourth-order valence-electron chi connectivity index (χ4n) is 3.47. The maximum atomic E-state index is 9.93. The monoisotopic (exact) mass is 180 g/mol. The van der Waals surface area contributed by atoms with E-state index in [-0.39, 0.29) is 6.10 Å². The third-order valence-corrected chi connectivity index (χ3v) is 4.29. The van der Waals surface area contributed by atoms with E-state index in [1.165, 1.54) is 25.7 Å². The van der Waals surface area contributed by atoms with Gasteiger partial charge in [0.05, 0.1) is 6.10 Å². The summed E-state index contributed by atoms with van der Waals surface area (Å²) in [5, 5.41) is 9.93. The van der Waals surface area contributed by atoms with Gasteiger partial charge in [-0.2, -0.15) is 0 Å². The summed E-state index contributed by atoms with van der Waals surface area (Å²) in [5.74, 6) is 0.549. The molecule has 0 aromatic carbocycles. The van der Waals surface area contributed by atoms with E-state index in [0.29, 0.717) is 11.3 Å². The smallest absolute Gasteiger partial charge is 0.0576 e. The number of aliphatic hydroxyl groups is 1. The molecule has 0 aliphatic heterocycles. The van der Waals surface area contributed by atoms with Crippen LogP contribution in [0.4, 0.5) is 0 Å². The molecule has 2 fully saturated rings. The molecule has 1 nitrogen and oxygen atoms in total. The van der Waals surface area contributed by atoms with Gasteiger partial charge in [-0.3, -0.25) is 0 Å². The maximum absolute atomic E-state index is 9.93. The molecule has 0 heterocycles. The van der Waals surface area contributed by atoms with Crippen LogP contribution in [0.2, 0.25) is 0 Å². The van der Waals surface area contributed by atoms with Crippen molar-refractivity contribution in [2.75, 3.05) is 0 Å². The van der Waals surface area contributed by atoms with E-state index in [4.69, 9.17) is 0 Å². The van der Waals surface area contributed by atoms with Crippen molar-refractivity contribution < 1.29 is 5.11 Å². The molecule has 2 rings (SSSR count). The molecule has 2 aliphatic rings. The second kappa shape index (κ2) is 3.13. The largest absolute Gasteiger partial charge is 0.393 e. The summed E-state index contributed by atoms with van der Waals surface area (Å²) in [6, 6.07) is 0. The molecule has 0 spiro atoms. The zero-order valence-electron chi connectivity index (χ0n) is 8.71. The first kappa shape index (κ1) is 9.26. The fourth-order valence-corrected chi connectivity index (χ4v) is 3.47. The van der Waals surface area contributed by atoms with E-state index in [0.717, 1.165) is 6.42 Å². The highest BCUT2D eigenvalue weighted by Gasteiger charge is 2.47. The Balaban J connectivity index is 2.28. The first-order valence-electron chi connectivity index (χ1n) is 5.52. The van der Waals surface area contributed by atoms with E-state index in [2.05, 4.69) is 19.9 Å². The van der Waals surface area contributed by atoms with Crippen molar-refractivity contribution in [3.63, 3.8) is 0 Å². The lowest BCUT2D eigenvalue weighted by Gasteiger charge is -2.40. The van der Waals surface area contributed by atoms with Gasteiger partial charge in [-0.25, -0.2) is 0 Å². The average Bonchev–Trinajstić information content (AvgIpc) is 2.43. The second-order valence-electron chi connectivity index (χ2n) is 4.84. The number of aliphatic hydroxyl groups excluding tert-OH is 1. The molecule has 2 saturated carbocycles. The molecule has 1 heteroatoms. The lowest BCUT2D eigenvalue weighted by atomic mass is 9.66. The van der Waals surface area contributed by atoms with Crippen LogP contribution in [0.15, 0.2) is 11.6 Å². The predicted molar refractivity (Wildman–Crippen MR) is 54.4 cm³/mol. The van der Waals surface area contributed by atoms with Crippen LogP contribution in [-0.2, 0) is 0 Å². The molecule has 0 saturated heterocycles. The van der Waals surface area contributed by atoms with Gasteiger partial charge < -0.3 is 5.11 Å². The van der Waals surface area contributed by atoms with Gasteiger partial charge in [-0.15, -0.1) is 0 Å². The molecule has 0 aromatic rings. The quantitative estimate of drug-likeness (QED) is 0.568. The molecule has 3 atom stereocenters. The average molecular weight is 180 g/mol. The highest BCUT2D eigenvalue weighted by atomic mass is 16.3. The summed E-state index contributed by atoms with van der Waals surface area (Å²) < 4.78 is 0. The van der Waals surface area contributed by atoms with Gasteiger partial charge >= 0.3 is 0 Å². The van der Waals surface area contributed by atoms with E-state index in [1.54, 1.807) is 5.57 Å². The Hall–Kier alpha value is -0.300. The number of fused-ring (bicyclic) bond motifs is 1. The molecule has 0 radical (unpaired) electrons. The molecule has 74 valence electrons. The van der Waals surface area contributed by atoms with Crippen LogP contribution < -0.4 is 0 Å². The topological polar surface area (TPSA) is 20.2 Å². The zero-order valence-corrected chi connectivity index (χ0v) is 8.71. The van der Waals surface area contributed by atoms with Crippen LogP contribution in [0.1, 0.15) is 46.0 Å². The van der Waals surface area contributed by atoms with Crippen molar-refractivity contribution in [3.05, 3.63) is 11.6 Å². The van der Waals surface area contributed by atoms with Crippen LogP contribution in [-0.4, -0.2) is 11.2 Å². The van der Waals surface area contributed by atoms with Crippen LogP contribution in [0.5, 0.6) is 0 Å². The summed E-state index contributed by atoms with van der Waals surface area (Å²) in [6.45, 7) is 4.49. The Morgan fingerprint density at radius 2 is 2.23 bits per heavy atom. The lowest BCUT2D eigenvalue weighted by molar-refractivity contribution is 0.0148. The van der Waals surface area contributed by atoms with Crippen molar-refractivity contribution in [2.24, 2.45) is 11.3 Å². The second-order valence-corrected chi connectivity index (χ2v) is 4.84. The summed E-state index contributed by atoms with van der Waals surface area (Å²) >= 11 is 0. The summed E-state index contributed by atoms with van der Waals surface area (Å²) in [7, 11) is 0. The molecule has 0 amide bonds. The third-order valence-electron chi connectivity index (χ3n) is 4.29. The first-order valence-corrected chi connectivity index (χ1v) is 5.52. The minimum absolute atomic E-state index is 0.0313. The SMILES string of the molecule is C/C=C1/CC[C@H]2C(O)CCCC12C. The molecule has 13 heavy (non-hydrogen) atoms. The Kier molecular flexibility index (Phi) is 2.23. The first-order chi connectivity index (χ1) is 6.18. The number of hydrogen-bond acceptors (Lipinski definition) is 1. The Bertz CT molecular complexity index is 231. The number of rotatable bonds is 0. The molecular formula is C12H20O. The summed E-state index contributed by atoms with van der Waals surface area (Å²) in [6.07, 6.45) is 8.18. The normalized spacial score (nSPS) is 48.1. The van der Waals surface area contributed by atoms with Crippen LogP contribution in [0.25, 0.3) is 0 Å². The van der Waals surface area contributed by atoms with Gasteiger partial charge in [-0.05, 0) is 50.4 Å². The maximum Gasteiger partial charge on any atom is 0.0576 e. The number of allylic oxidation sites excluding steroid dienone is 2. The van der Waals surface area contributed by atoms with E-state index >= 15 is 0 Å². The lowest BCUT2D eigenvalue weighted by Crippen LogP contribution is -2.37. The standard InChI is InChI=1S/C12H20O/c1-3-9-6-7-10-11(13)5-4-8-12(9,10)2/h3,10-11,13H,4-8H2,1-2H3/b9-3-/t10-,11?,12?/m0/s1. The molecule has 1 N–H and O–H groups in total. The van der Waals surface area contributed by atoms with Gasteiger partial charge in [0.2, 0.25) is 0 Å². The highest BCUT2D eigenvalue weighted by molar-refractivity contribution is 5.21. The van der Waals surface area contributed by atoms with Crippen LogP contribution in [0.3, 0.4) is 0 Å². The molecular weight excluding hydrogens is 160 g/mol. The molecule has 2 unspecified atom stereocenters. The molecule has 0 bridgehead atoms. The van der Waals surface area contributed by atoms with E-state index < -0.39 is 0 Å². The predicted octanol–water partition coefficient (Wildman–Crippen LogP) is 2.89. The highest BCUT2D eigenvalue weighted by Crippen LogP contribution is 2.54. The Morgan fingerprint density at radius 3 is 2.92 bits per heavy atom. The van der Waals surface area contributed by atoms with Crippen molar-refractivity contribution >= 4 is 0 Å². The van der Waals surface area contributed by atoms with Crippen LogP contribution >= 0.6 is 0 Å². The van der Waals surface area contributed by atoms with Gasteiger partial charge in [0.15, 0.2) is 0 Å². The Labute approximate surface area is 80.8 Å².